The minimum Gasteiger partial charge on any atom is -0.464 e. The monoisotopic (exact) mass is 476 g/mol. The van der Waals surface area contributed by atoms with Crippen LogP contribution < -0.4 is 0 Å². The zero-order valence-electron chi connectivity index (χ0n) is 19.4. The number of thiophene rings is 1. The van der Waals surface area contributed by atoms with Gasteiger partial charge in [0.15, 0.2) is 0 Å². The van der Waals surface area contributed by atoms with Gasteiger partial charge in [-0.3, -0.25) is 0 Å². The molecule has 36 heavy (non-hydrogen) atoms. The molecule has 0 unspecified atom stereocenters. The Morgan fingerprint density at radius 3 is 1.78 bits per heavy atom. The molecule has 0 aliphatic rings. The molecular formula is C34H20OS. The third-order valence-corrected chi connectivity index (χ3v) is 8.47. The molecule has 6 aromatic carbocycles. The third-order valence-electron chi connectivity index (χ3n) is 7.33. The van der Waals surface area contributed by atoms with Crippen LogP contribution in [0.5, 0.6) is 0 Å². The molecule has 1 nitrogen and oxygen atoms in total. The number of fused-ring (bicyclic) bond motifs is 7. The number of rotatable bonds is 2. The van der Waals surface area contributed by atoms with Gasteiger partial charge < -0.3 is 4.42 Å². The Morgan fingerprint density at radius 1 is 0.472 bits per heavy atom. The van der Waals surface area contributed by atoms with Gasteiger partial charge >= 0.3 is 0 Å². The van der Waals surface area contributed by atoms with Gasteiger partial charge in [0.05, 0.1) is 6.26 Å². The van der Waals surface area contributed by atoms with E-state index in [1.165, 1.54) is 64.0 Å². The van der Waals surface area contributed by atoms with Gasteiger partial charge in [-0.25, -0.2) is 0 Å². The van der Waals surface area contributed by atoms with Crippen LogP contribution in [0.2, 0.25) is 0 Å². The average Bonchev–Trinajstić information content (AvgIpc) is 3.56. The Hall–Kier alpha value is -4.40. The standard InChI is InChI=1S/C34H20OS/c1-2-8-21(9-3-1)31-24-10-4-6-12-26(24)32(27-13-7-5-11-25(27)31)23-15-16-29-28(20-23)33-30(36-29)17-14-22-18-19-35-34(22)33/h1-20H. The first-order chi connectivity index (χ1) is 17.9. The lowest BCUT2D eigenvalue weighted by molar-refractivity contribution is 0.619. The molecule has 0 bridgehead atoms. The number of hydrogen-bond donors (Lipinski definition) is 0. The first-order valence-corrected chi connectivity index (χ1v) is 13.0. The van der Waals surface area contributed by atoms with E-state index in [4.69, 9.17) is 4.42 Å². The van der Waals surface area contributed by atoms with Gasteiger partial charge in [-0.15, -0.1) is 11.3 Å². The number of hydrogen-bond acceptors (Lipinski definition) is 2. The zero-order chi connectivity index (χ0) is 23.6. The number of furan rings is 1. The third kappa shape index (κ3) is 2.76. The molecular weight excluding hydrogens is 456 g/mol. The molecule has 0 radical (unpaired) electrons. The van der Waals surface area contributed by atoms with Crippen LogP contribution in [0.4, 0.5) is 0 Å². The molecule has 0 N–H and O–H groups in total. The van der Waals surface area contributed by atoms with Crippen LogP contribution in [0.15, 0.2) is 126 Å². The summed E-state index contributed by atoms with van der Waals surface area (Å²) in [5.41, 5.74) is 6.04. The van der Waals surface area contributed by atoms with Gasteiger partial charge in [0.2, 0.25) is 0 Å². The first kappa shape index (κ1) is 19.9. The molecule has 168 valence electrons. The number of benzene rings is 6. The Bertz CT molecular complexity index is 2040. The van der Waals surface area contributed by atoms with E-state index in [1.54, 1.807) is 6.26 Å². The fraction of sp³-hybridized carbons (Fsp3) is 0. The molecule has 8 rings (SSSR count). The molecule has 0 spiro atoms. The molecule has 2 heteroatoms. The van der Waals surface area contributed by atoms with Crippen molar-refractivity contribution in [3.63, 3.8) is 0 Å². The van der Waals surface area contributed by atoms with Gasteiger partial charge in [0.1, 0.15) is 5.58 Å². The second-order valence-corrected chi connectivity index (χ2v) is 10.4. The summed E-state index contributed by atoms with van der Waals surface area (Å²) in [5, 5.41) is 8.73. The summed E-state index contributed by atoms with van der Waals surface area (Å²) in [5.74, 6) is 0. The summed E-state index contributed by atoms with van der Waals surface area (Å²) < 4.78 is 8.50. The van der Waals surface area contributed by atoms with Crippen molar-refractivity contribution in [2.45, 2.75) is 0 Å². The lowest BCUT2D eigenvalue weighted by atomic mass is 9.86. The van der Waals surface area contributed by atoms with Crippen molar-refractivity contribution < 1.29 is 4.42 Å². The fourth-order valence-corrected chi connectivity index (χ4v) is 6.88. The quantitative estimate of drug-likeness (QED) is 0.226. The highest BCUT2D eigenvalue weighted by molar-refractivity contribution is 7.26. The van der Waals surface area contributed by atoms with Crippen molar-refractivity contribution in [2.24, 2.45) is 0 Å². The van der Waals surface area contributed by atoms with E-state index in [2.05, 4.69) is 109 Å². The second-order valence-electron chi connectivity index (χ2n) is 9.30. The van der Waals surface area contributed by atoms with Crippen LogP contribution in [-0.4, -0.2) is 0 Å². The molecule has 0 atom stereocenters. The van der Waals surface area contributed by atoms with Crippen molar-refractivity contribution in [1.29, 1.82) is 0 Å². The van der Waals surface area contributed by atoms with Crippen molar-refractivity contribution >= 4 is 64.0 Å². The highest BCUT2D eigenvalue weighted by atomic mass is 32.1. The van der Waals surface area contributed by atoms with Crippen LogP contribution in [0.25, 0.3) is 74.9 Å². The summed E-state index contributed by atoms with van der Waals surface area (Å²) >= 11 is 1.83. The Kier molecular flexibility index (Phi) is 4.16. The van der Waals surface area contributed by atoms with E-state index in [9.17, 15) is 0 Å². The Morgan fingerprint density at radius 2 is 1.08 bits per heavy atom. The highest BCUT2D eigenvalue weighted by Crippen LogP contribution is 2.46. The molecule has 8 aromatic rings. The van der Waals surface area contributed by atoms with Crippen LogP contribution in [-0.2, 0) is 0 Å². The molecule has 2 heterocycles. The highest BCUT2D eigenvalue weighted by Gasteiger charge is 2.18. The molecule has 2 aromatic heterocycles. The topological polar surface area (TPSA) is 13.1 Å². The van der Waals surface area contributed by atoms with Gasteiger partial charge in [-0.05, 0) is 74.1 Å². The van der Waals surface area contributed by atoms with Crippen molar-refractivity contribution in [1.82, 2.24) is 0 Å². The van der Waals surface area contributed by atoms with E-state index in [-0.39, 0.29) is 0 Å². The maximum Gasteiger partial charge on any atom is 0.143 e. The summed E-state index contributed by atoms with van der Waals surface area (Å²) in [6.07, 6.45) is 1.79. The minimum atomic E-state index is 0.977. The maximum atomic E-state index is 5.96. The first-order valence-electron chi connectivity index (χ1n) is 12.2. The lowest BCUT2D eigenvalue weighted by Crippen LogP contribution is -1.90. The summed E-state index contributed by atoms with van der Waals surface area (Å²) in [6, 6.07) is 41.8. The second kappa shape index (κ2) is 7.55. The molecule has 0 aliphatic carbocycles. The summed E-state index contributed by atoms with van der Waals surface area (Å²) in [7, 11) is 0. The maximum absolute atomic E-state index is 5.96. The van der Waals surface area contributed by atoms with Crippen molar-refractivity contribution in [2.75, 3.05) is 0 Å². The summed E-state index contributed by atoms with van der Waals surface area (Å²) in [6.45, 7) is 0. The van der Waals surface area contributed by atoms with E-state index in [0.717, 1.165) is 11.0 Å². The van der Waals surface area contributed by atoms with Crippen LogP contribution in [0, 0.1) is 0 Å². The van der Waals surface area contributed by atoms with Gasteiger partial charge in [0, 0.05) is 25.6 Å². The Labute approximate surface area is 211 Å². The minimum absolute atomic E-state index is 0.977. The molecule has 0 amide bonds. The van der Waals surface area contributed by atoms with Gasteiger partial charge in [-0.2, -0.15) is 0 Å². The molecule has 0 fully saturated rings. The van der Waals surface area contributed by atoms with Gasteiger partial charge in [0.25, 0.3) is 0 Å². The lowest BCUT2D eigenvalue weighted by Gasteiger charge is -2.17. The smallest absolute Gasteiger partial charge is 0.143 e. The van der Waals surface area contributed by atoms with Crippen LogP contribution in [0.1, 0.15) is 0 Å². The van der Waals surface area contributed by atoms with Crippen LogP contribution >= 0.6 is 11.3 Å². The zero-order valence-corrected chi connectivity index (χ0v) is 20.2. The summed E-state index contributed by atoms with van der Waals surface area (Å²) in [4.78, 5) is 0. The Balaban J connectivity index is 1.52. The largest absolute Gasteiger partial charge is 0.464 e. The van der Waals surface area contributed by atoms with E-state index >= 15 is 0 Å². The SMILES string of the molecule is c1ccc(-c2c3ccccc3c(-c3ccc4sc5ccc6ccoc6c5c4c3)c3ccccc23)cc1. The van der Waals surface area contributed by atoms with E-state index in [0.29, 0.717) is 0 Å². The fourth-order valence-electron chi connectivity index (χ4n) is 5.80. The van der Waals surface area contributed by atoms with Crippen molar-refractivity contribution in [3.05, 3.63) is 122 Å². The average molecular weight is 477 g/mol. The molecule has 0 aliphatic heterocycles. The van der Waals surface area contributed by atoms with Gasteiger partial charge in [-0.1, -0.05) is 84.9 Å². The predicted molar refractivity (Wildman–Crippen MR) is 155 cm³/mol. The van der Waals surface area contributed by atoms with E-state index in [1.807, 2.05) is 17.4 Å². The van der Waals surface area contributed by atoms with Crippen molar-refractivity contribution in [3.8, 4) is 22.3 Å². The van der Waals surface area contributed by atoms with E-state index < -0.39 is 0 Å². The predicted octanol–water partition coefficient (Wildman–Crippen LogP) is 10.4. The van der Waals surface area contributed by atoms with Crippen LogP contribution in [0.3, 0.4) is 0 Å². The molecule has 0 saturated heterocycles. The normalized spacial score (nSPS) is 11.9. The molecule has 0 saturated carbocycles.